The minimum absolute atomic E-state index is 0.486. The number of fused-ring (bicyclic) bond motifs is 1. The zero-order valence-corrected chi connectivity index (χ0v) is 11.7. The summed E-state index contributed by atoms with van der Waals surface area (Å²) in [6.45, 7) is 0. The monoisotopic (exact) mass is 291 g/mol. The second kappa shape index (κ2) is 4.80. The molecule has 2 nitrogen and oxygen atoms in total. The molecule has 0 atom stereocenters. The fourth-order valence-electron chi connectivity index (χ4n) is 2.03. The lowest BCUT2D eigenvalue weighted by atomic mass is 10.2. The van der Waals surface area contributed by atoms with Crippen LogP contribution in [0.4, 0.5) is 0 Å². The topological polar surface area (TPSA) is 14.2 Å². The summed E-state index contributed by atoms with van der Waals surface area (Å²) in [6, 6.07) is 13.2. The van der Waals surface area contributed by atoms with Crippen LogP contribution in [0.5, 0.6) is 11.5 Å². The highest BCUT2D eigenvalue weighted by Gasteiger charge is 2.07. The molecule has 0 N–H and O–H groups in total. The van der Waals surface area contributed by atoms with Crippen LogP contribution in [0.2, 0.25) is 10.0 Å². The molecule has 0 aliphatic rings. The highest BCUT2D eigenvalue weighted by molar-refractivity contribution is 6.42. The van der Waals surface area contributed by atoms with Gasteiger partial charge in [-0.15, -0.1) is 0 Å². The first-order valence-electron chi connectivity index (χ1n) is 5.82. The Hall–Kier alpha value is -1.64. The van der Waals surface area contributed by atoms with Gasteiger partial charge in [-0.3, -0.25) is 0 Å². The maximum atomic E-state index is 5.99. The number of nitrogens with zero attached hydrogens (tertiary/aromatic N) is 1. The van der Waals surface area contributed by atoms with Crippen LogP contribution < -0.4 is 4.74 Å². The lowest BCUT2D eigenvalue weighted by Gasteiger charge is -2.08. The zero-order chi connectivity index (χ0) is 13.4. The van der Waals surface area contributed by atoms with Gasteiger partial charge in [-0.1, -0.05) is 29.3 Å². The average Bonchev–Trinajstić information content (AvgIpc) is 2.77. The first-order chi connectivity index (χ1) is 9.15. The molecule has 0 fully saturated rings. The molecule has 2 aromatic carbocycles. The Morgan fingerprint density at radius 1 is 1.00 bits per heavy atom. The van der Waals surface area contributed by atoms with Gasteiger partial charge in [-0.2, -0.15) is 0 Å². The summed E-state index contributed by atoms with van der Waals surface area (Å²) in [5.74, 6) is 1.47. The lowest BCUT2D eigenvalue weighted by Crippen LogP contribution is -1.87. The molecule has 0 unspecified atom stereocenters. The first kappa shape index (κ1) is 12.4. The molecule has 0 saturated heterocycles. The quantitative estimate of drug-likeness (QED) is 0.627. The maximum absolute atomic E-state index is 5.99. The van der Waals surface area contributed by atoms with Gasteiger partial charge in [0.05, 0.1) is 15.6 Å². The number of ether oxygens (including phenoxy) is 1. The molecule has 0 saturated carbocycles. The van der Waals surface area contributed by atoms with Gasteiger partial charge >= 0.3 is 0 Å². The largest absolute Gasteiger partial charge is 0.457 e. The van der Waals surface area contributed by atoms with Gasteiger partial charge in [-0.25, -0.2) is 0 Å². The van der Waals surface area contributed by atoms with E-state index in [0.29, 0.717) is 15.8 Å². The van der Waals surface area contributed by atoms with Gasteiger partial charge in [-0.05, 0) is 30.3 Å². The normalized spacial score (nSPS) is 10.9. The standard InChI is InChI=1S/C15H11Cl2NO/c1-18-8-7-11-14(18)3-2-4-15(11)19-10-5-6-12(16)13(17)9-10/h2-9H,1H3. The van der Waals surface area contributed by atoms with E-state index in [1.807, 2.05) is 31.4 Å². The Morgan fingerprint density at radius 3 is 2.63 bits per heavy atom. The van der Waals surface area contributed by atoms with E-state index in [0.717, 1.165) is 16.7 Å². The van der Waals surface area contributed by atoms with Crippen LogP contribution in [0.3, 0.4) is 0 Å². The van der Waals surface area contributed by atoms with Crippen molar-refractivity contribution in [3.8, 4) is 11.5 Å². The summed E-state index contributed by atoms with van der Waals surface area (Å²) in [5, 5.41) is 2.07. The molecule has 0 amide bonds. The first-order valence-corrected chi connectivity index (χ1v) is 6.58. The van der Waals surface area contributed by atoms with Crippen molar-refractivity contribution >= 4 is 34.1 Å². The van der Waals surface area contributed by atoms with Crippen molar-refractivity contribution in [3.63, 3.8) is 0 Å². The Kier molecular flexibility index (Phi) is 3.13. The van der Waals surface area contributed by atoms with Crippen LogP contribution >= 0.6 is 23.2 Å². The number of aryl methyl sites for hydroxylation is 1. The summed E-state index contributed by atoms with van der Waals surface area (Å²) >= 11 is 11.9. The lowest BCUT2D eigenvalue weighted by molar-refractivity contribution is 0.488. The predicted octanol–water partition coefficient (Wildman–Crippen LogP) is 5.28. The maximum Gasteiger partial charge on any atom is 0.136 e. The van der Waals surface area contributed by atoms with E-state index in [-0.39, 0.29) is 0 Å². The SMILES string of the molecule is Cn1ccc2c(Oc3ccc(Cl)c(Cl)c3)cccc21. The molecule has 1 aromatic heterocycles. The highest BCUT2D eigenvalue weighted by Crippen LogP contribution is 2.33. The van der Waals surface area contributed by atoms with E-state index >= 15 is 0 Å². The Labute approximate surface area is 121 Å². The smallest absolute Gasteiger partial charge is 0.136 e. The van der Waals surface area contributed by atoms with Crippen LogP contribution in [0, 0.1) is 0 Å². The van der Waals surface area contributed by atoms with Crippen molar-refractivity contribution in [1.29, 1.82) is 0 Å². The van der Waals surface area contributed by atoms with E-state index in [9.17, 15) is 0 Å². The number of halogens is 2. The molecule has 0 spiro atoms. The van der Waals surface area contributed by atoms with Crippen LogP contribution in [0.1, 0.15) is 0 Å². The molecule has 3 rings (SSSR count). The Balaban J connectivity index is 2.03. The van der Waals surface area contributed by atoms with Crippen molar-refractivity contribution in [3.05, 3.63) is 58.7 Å². The number of hydrogen-bond acceptors (Lipinski definition) is 1. The molecule has 19 heavy (non-hydrogen) atoms. The van der Waals surface area contributed by atoms with Crippen molar-refractivity contribution in [1.82, 2.24) is 4.57 Å². The third-order valence-electron chi connectivity index (χ3n) is 3.01. The van der Waals surface area contributed by atoms with E-state index in [4.69, 9.17) is 27.9 Å². The van der Waals surface area contributed by atoms with E-state index in [1.54, 1.807) is 18.2 Å². The van der Waals surface area contributed by atoms with Crippen molar-refractivity contribution < 1.29 is 4.74 Å². The third kappa shape index (κ3) is 2.29. The van der Waals surface area contributed by atoms with Gasteiger partial charge in [0.15, 0.2) is 0 Å². The molecule has 0 aliphatic heterocycles. The fourth-order valence-corrected chi connectivity index (χ4v) is 2.32. The summed E-state index contributed by atoms with van der Waals surface area (Å²) in [6.07, 6.45) is 2.01. The van der Waals surface area contributed by atoms with Gasteiger partial charge in [0.25, 0.3) is 0 Å². The molecule has 0 radical (unpaired) electrons. The molecule has 0 bridgehead atoms. The number of aromatic nitrogens is 1. The molecular formula is C15H11Cl2NO. The van der Waals surface area contributed by atoms with E-state index in [1.165, 1.54) is 0 Å². The number of benzene rings is 2. The summed E-state index contributed by atoms with van der Waals surface area (Å²) in [4.78, 5) is 0. The second-order valence-corrected chi connectivity index (χ2v) is 5.11. The Bertz CT molecular complexity index is 749. The van der Waals surface area contributed by atoms with E-state index in [2.05, 4.69) is 10.6 Å². The molecule has 4 heteroatoms. The second-order valence-electron chi connectivity index (χ2n) is 4.29. The van der Waals surface area contributed by atoms with Gasteiger partial charge in [0, 0.05) is 24.7 Å². The molecule has 3 aromatic rings. The van der Waals surface area contributed by atoms with Crippen LogP contribution in [0.25, 0.3) is 10.9 Å². The molecule has 1 heterocycles. The highest BCUT2D eigenvalue weighted by atomic mass is 35.5. The van der Waals surface area contributed by atoms with Gasteiger partial charge in [0.2, 0.25) is 0 Å². The number of rotatable bonds is 2. The third-order valence-corrected chi connectivity index (χ3v) is 3.75. The minimum atomic E-state index is 0.486. The molecular weight excluding hydrogens is 281 g/mol. The number of hydrogen-bond donors (Lipinski definition) is 0. The van der Waals surface area contributed by atoms with Crippen molar-refractivity contribution in [2.75, 3.05) is 0 Å². The predicted molar refractivity (Wildman–Crippen MR) is 79.5 cm³/mol. The van der Waals surface area contributed by atoms with Crippen LogP contribution in [0.15, 0.2) is 48.7 Å². The van der Waals surface area contributed by atoms with Crippen molar-refractivity contribution in [2.24, 2.45) is 7.05 Å². The molecule has 0 aliphatic carbocycles. The van der Waals surface area contributed by atoms with Gasteiger partial charge < -0.3 is 9.30 Å². The van der Waals surface area contributed by atoms with Crippen LogP contribution in [-0.4, -0.2) is 4.57 Å². The summed E-state index contributed by atoms with van der Waals surface area (Å²) in [5.41, 5.74) is 1.12. The summed E-state index contributed by atoms with van der Waals surface area (Å²) in [7, 11) is 2.01. The van der Waals surface area contributed by atoms with E-state index < -0.39 is 0 Å². The summed E-state index contributed by atoms with van der Waals surface area (Å²) < 4.78 is 7.94. The Morgan fingerprint density at radius 2 is 1.84 bits per heavy atom. The minimum Gasteiger partial charge on any atom is -0.457 e. The fraction of sp³-hybridized carbons (Fsp3) is 0.0667. The molecule has 96 valence electrons. The van der Waals surface area contributed by atoms with Crippen molar-refractivity contribution in [2.45, 2.75) is 0 Å². The average molecular weight is 292 g/mol. The van der Waals surface area contributed by atoms with Crippen LogP contribution in [-0.2, 0) is 7.05 Å². The zero-order valence-electron chi connectivity index (χ0n) is 10.2. The van der Waals surface area contributed by atoms with Gasteiger partial charge in [0.1, 0.15) is 11.5 Å².